The Balaban J connectivity index is 2.06. The van der Waals surface area contributed by atoms with E-state index in [1.165, 1.54) is 0 Å². The second-order valence-electron chi connectivity index (χ2n) is 2.64. The van der Waals surface area contributed by atoms with Gasteiger partial charge in [-0.2, -0.15) is 5.10 Å². The molecule has 0 atom stereocenters. The highest BCUT2D eigenvalue weighted by molar-refractivity contribution is 5.30. The largest absolute Gasteiger partial charge is 0.396 e. The Morgan fingerprint density at radius 2 is 2.31 bits per heavy atom. The van der Waals surface area contributed by atoms with Crippen LogP contribution in [0.1, 0.15) is 0 Å². The summed E-state index contributed by atoms with van der Waals surface area (Å²) < 4.78 is 11.8. The number of anilines is 1. The highest BCUT2D eigenvalue weighted by atomic mass is 16.5. The first-order valence-electron chi connectivity index (χ1n) is 4.17. The van der Waals surface area contributed by atoms with Crippen molar-refractivity contribution in [3.05, 3.63) is 12.4 Å². The summed E-state index contributed by atoms with van der Waals surface area (Å²) in [6, 6.07) is 0. The molecule has 0 radical (unpaired) electrons. The minimum atomic E-state index is 0.618. The molecule has 1 aromatic heterocycles. The molecule has 1 rings (SSSR count). The van der Waals surface area contributed by atoms with Gasteiger partial charge < -0.3 is 15.2 Å². The number of hydrogen-bond donors (Lipinski definition) is 1. The minimum absolute atomic E-state index is 0.618. The number of aromatic nitrogens is 2. The molecule has 5 nitrogen and oxygen atoms in total. The third-order valence-corrected chi connectivity index (χ3v) is 1.55. The number of ether oxygens (including phenoxy) is 2. The summed E-state index contributed by atoms with van der Waals surface area (Å²) >= 11 is 0. The van der Waals surface area contributed by atoms with E-state index in [1.54, 1.807) is 24.2 Å². The van der Waals surface area contributed by atoms with Gasteiger partial charge in [-0.25, -0.2) is 0 Å². The third-order valence-electron chi connectivity index (χ3n) is 1.55. The predicted octanol–water partition coefficient (Wildman–Crippen LogP) is 0.128. The highest BCUT2D eigenvalue weighted by Crippen LogP contribution is 1.96. The van der Waals surface area contributed by atoms with Crippen LogP contribution in [0, 0.1) is 0 Å². The first kappa shape index (κ1) is 10.0. The fourth-order valence-electron chi connectivity index (χ4n) is 0.904. The van der Waals surface area contributed by atoms with Crippen molar-refractivity contribution in [1.82, 2.24) is 9.78 Å². The lowest BCUT2D eigenvalue weighted by atomic mass is 10.6. The van der Waals surface area contributed by atoms with Crippen LogP contribution >= 0.6 is 0 Å². The quantitative estimate of drug-likeness (QED) is 0.640. The SMILES string of the molecule is COCCOCCn1cc(N)cn1. The van der Waals surface area contributed by atoms with Gasteiger partial charge in [-0.15, -0.1) is 0 Å². The molecule has 2 N–H and O–H groups in total. The van der Waals surface area contributed by atoms with Gasteiger partial charge in [-0.3, -0.25) is 4.68 Å². The zero-order valence-corrected chi connectivity index (χ0v) is 7.77. The Kier molecular flexibility index (Phi) is 4.28. The lowest BCUT2D eigenvalue weighted by Crippen LogP contribution is -2.09. The fourth-order valence-corrected chi connectivity index (χ4v) is 0.904. The first-order valence-corrected chi connectivity index (χ1v) is 4.17. The zero-order valence-electron chi connectivity index (χ0n) is 7.77. The minimum Gasteiger partial charge on any atom is -0.396 e. The van der Waals surface area contributed by atoms with E-state index in [0.717, 1.165) is 6.54 Å². The molecule has 0 saturated carbocycles. The highest BCUT2D eigenvalue weighted by Gasteiger charge is 1.93. The maximum atomic E-state index is 5.49. The molecule has 0 bridgehead atoms. The van der Waals surface area contributed by atoms with Crippen molar-refractivity contribution >= 4 is 5.69 Å². The lowest BCUT2D eigenvalue weighted by molar-refractivity contribution is 0.0654. The van der Waals surface area contributed by atoms with Gasteiger partial charge in [0.2, 0.25) is 0 Å². The summed E-state index contributed by atoms with van der Waals surface area (Å²) in [5.41, 5.74) is 6.16. The topological polar surface area (TPSA) is 62.3 Å². The fraction of sp³-hybridized carbons (Fsp3) is 0.625. The van der Waals surface area contributed by atoms with Gasteiger partial charge in [-0.05, 0) is 0 Å². The molecule has 0 saturated heterocycles. The van der Waals surface area contributed by atoms with Crippen LogP contribution in [0.25, 0.3) is 0 Å². The average molecular weight is 185 g/mol. The van der Waals surface area contributed by atoms with Crippen LogP contribution in [0.15, 0.2) is 12.4 Å². The monoisotopic (exact) mass is 185 g/mol. The molecule has 74 valence electrons. The first-order chi connectivity index (χ1) is 6.33. The van der Waals surface area contributed by atoms with Crippen LogP contribution in [0.4, 0.5) is 5.69 Å². The van der Waals surface area contributed by atoms with E-state index in [2.05, 4.69) is 5.10 Å². The van der Waals surface area contributed by atoms with Crippen molar-refractivity contribution < 1.29 is 9.47 Å². The molecule has 1 heterocycles. The Hall–Kier alpha value is -1.07. The molecule has 0 aliphatic rings. The molecule has 0 unspecified atom stereocenters. The van der Waals surface area contributed by atoms with Gasteiger partial charge >= 0.3 is 0 Å². The van der Waals surface area contributed by atoms with Crippen molar-refractivity contribution in [2.75, 3.05) is 32.7 Å². The van der Waals surface area contributed by atoms with Gasteiger partial charge in [-0.1, -0.05) is 0 Å². The lowest BCUT2D eigenvalue weighted by Gasteiger charge is -2.02. The van der Waals surface area contributed by atoms with E-state index < -0.39 is 0 Å². The Labute approximate surface area is 77.4 Å². The van der Waals surface area contributed by atoms with Crippen LogP contribution < -0.4 is 5.73 Å². The second-order valence-corrected chi connectivity index (χ2v) is 2.64. The Morgan fingerprint density at radius 3 is 2.92 bits per heavy atom. The molecule has 0 aliphatic heterocycles. The third kappa shape index (κ3) is 3.91. The Bertz CT molecular complexity index is 237. The molecule has 1 aromatic rings. The van der Waals surface area contributed by atoms with E-state index >= 15 is 0 Å². The molecular formula is C8H15N3O2. The summed E-state index contributed by atoms with van der Waals surface area (Å²) in [6.07, 6.45) is 3.40. The molecule has 0 fully saturated rings. The van der Waals surface area contributed by atoms with Crippen molar-refractivity contribution in [1.29, 1.82) is 0 Å². The molecule has 0 aromatic carbocycles. The van der Waals surface area contributed by atoms with E-state index in [4.69, 9.17) is 15.2 Å². The van der Waals surface area contributed by atoms with E-state index in [1.807, 2.05) is 0 Å². The number of nitrogens with two attached hydrogens (primary N) is 1. The van der Waals surface area contributed by atoms with E-state index in [-0.39, 0.29) is 0 Å². The number of methoxy groups -OCH3 is 1. The van der Waals surface area contributed by atoms with Crippen molar-refractivity contribution in [3.63, 3.8) is 0 Å². The summed E-state index contributed by atoms with van der Waals surface area (Å²) in [5.74, 6) is 0. The number of rotatable bonds is 6. The van der Waals surface area contributed by atoms with Crippen molar-refractivity contribution in [2.24, 2.45) is 0 Å². The van der Waals surface area contributed by atoms with Crippen LogP contribution in [-0.2, 0) is 16.0 Å². The predicted molar refractivity (Wildman–Crippen MR) is 49.3 cm³/mol. The molecule has 5 heteroatoms. The maximum Gasteiger partial charge on any atom is 0.0719 e. The maximum absolute atomic E-state index is 5.49. The summed E-state index contributed by atoms with van der Waals surface area (Å²) in [7, 11) is 1.65. The van der Waals surface area contributed by atoms with Crippen molar-refractivity contribution in [3.8, 4) is 0 Å². The average Bonchev–Trinajstić information content (AvgIpc) is 2.51. The summed E-state index contributed by atoms with van der Waals surface area (Å²) in [5, 5.41) is 4.01. The van der Waals surface area contributed by atoms with E-state index in [9.17, 15) is 0 Å². The molecule has 13 heavy (non-hydrogen) atoms. The molecule has 0 amide bonds. The Morgan fingerprint density at radius 1 is 1.46 bits per heavy atom. The van der Waals surface area contributed by atoms with Crippen LogP contribution in [0.3, 0.4) is 0 Å². The van der Waals surface area contributed by atoms with Crippen LogP contribution in [0.2, 0.25) is 0 Å². The number of hydrogen-bond acceptors (Lipinski definition) is 4. The van der Waals surface area contributed by atoms with Crippen LogP contribution in [-0.4, -0.2) is 36.7 Å². The molecule has 0 spiro atoms. The standard InChI is InChI=1S/C8H15N3O2/c1-12-4-5-13-3-2-11-7-8(9)6-10-11/h6-7H,2-5,9H2,1H3. The van der Waals surface area contributed by atoms with Gasteiger partial charge in [0, 0.05) is 13.3 Å². The van der Waals surface area contributed by atoms with Gasteiger partial charge in [0.15, 0.2) is 0 Å². The van der Waals surface area contributed by atoms with Gasteiger partial charge in [0.05, 0.1) is 38.2 Å². The second kappa shape index (κ2) is 5.55. The molecule has 0 aliphatic carbocycles. The number of nitrogens with zero attached hydrogens (tertiary/aromatic N) is 2. The molecular weight excluding hydrogens is 170 g/mol. The number of nitrogen functional groups attached to an aromatic ring is 1. The zero-order chi connectivity index (χ0) is 9.52. The summed E-state index contributed by atoms with van der Waals surface area (Å²) in [6.45, 7) is 2.60. The van der Waals surface area contributed by atoms with Gasteiger partial charge in [0.1, 0.15) is 0 Å². The smallest absolute Gasteiger partial charge is 0.0719 e. The van der Waals surface area contributed by atoms with Crippen molar-refractivity contribution in [2.45, 2.75) is 6.54 Å². The summed E-state index contributed by atoms with van der Waals surface area (Å²) in [4.78, 5) is 0. The van der Waals surface area contributed by atoms with Gasteiger partial charge in [0.25, 0.3) is 0 Å². The van der Waals surface area contributed by atoms with Crippen LogP contribution in [0.5, 0.6) is 0 Å². The normalized spacial score (nSPS) is 10.5. The van der Waals surface area contributed by atoms with E-state index in [0.29, 0.717) is 25.5 Å².